The smallest absolute Gasteiger partial charge is 0.408 e. The van der Waals surface area contributed by atoms with Crippen LogP contribution in [0.15, 0.2) is 30.3 Å². The molecule has 3 N–H and O–H groups in total. The van der Waals surface area contributed by atoms with Crippen LogP contribution >= 0.6 is 0 Å². The van der Waals surface area contributed by atoms with Crippen LogP contribution in [0.5, 0.6) is 0 Å². The Morgan fingerprint density at radius 3 is 2.14 bits per heavy atom. The summed E-state index contributed by atoms with van der Waals surface area (Å²) in [6, 6.07) is 6.86. The Bertz CT molecular complexity index is 654. The molecule has 2 atom stereocenters. The number of hydrogen-bond acceptors (Lipinski definition) is 6. The molecule has 0 aromatic heterocycles. The first-order valence-electron chi connectivity index (χ1n) is 9.17. The molecule has 0 aliphatic heterocycles. The van der Waals surface area contributed by atoms with E-state index in [1.165, 1.54) is 0 Å². The summed E-state index contributed by atoms with van der Waals surface area (Å²) in [6.07, 6.45) is -0.962. The summed E-state index contributed by atoms with van der Waals surface area (Å²) >= 11 is 0. The Kier molecular flexibility index (Phi) is 8.91. The summed E-state index contributed by atoms with van der Waals surface area (Å²) in [6.45, 7) is 7.84. The first-order valence-corrected chi connectivity index (χ1v) is 9.17. The number of carbonyl (C=O) groups is 3. The van der Waals surface area contributed by atoms with Gasteiger partial charge in [-0.3, -0.25) is 4.79 Å². The summed E-state index contributed by atoms with van der Waals surface area (Å²) in [7, 11) is 0. The van der Waals surface area contributed by atoms with Gasteiger partial charge in [0.25, 0.3) is 0 Å². The number of nitrogens with one attached hydrogen (secondary N) is 2. The number of carbonyl (C=O) groups excluding carboxylic acids is 3. The lowest BCUT2D eigenvalue weighted by atomic mass is 10.0. The maximum Gasteiger partial charge on any atom is 0.408 e. The molecule has 1 aromatic carbocycles. The third-order valence-corrected chi connectivity index (χ3v) is 3.43. The second-order valence-electron chi connectivity index (χ2n) is 7.62. The molecule has 1 aromatic rings. The zero-order valence-electron chi connectivity index (χ0n) is 17.0. The van der Waals surface area contributed by atoms with E-state index in [0.29, 0.717) is 0 Å². The second-order valence-corrected chi connectivity index (χ2v) is 7.62. The van der Waals surface area contributed by atoms with Crippen molar-refractivity contribution in [3.05, 3.63) is 35.9 Å². The molecule has 156 valence electrons. The van der Waals surface area contributed by atoms with Gasteiger partial charge < -0.3 is 25.2 Å². The monoisotopic (exact) mass is 394 g/mol. The van der Waals surface area contributed by atoms with Crippen LogP contribution in [0.2, 0.25) is 0 Å². The van der Waals surface area contributed by atoms with Crippen LogP contribution in [-0.4, -0.2) is 53.5 Å². The first kappa shape index (κ1) is 23.4. The fourth-order valence-electron chi connectivity index (χ4n) is 2.27. The maximum atomic E-state index is 12.7. The van der Waals surface area contributed by atoms with Gasteiger partial charge in [-0.25, -0.2) is 9.59 Å². The number of esters is 1. The van der Waals surface area contributed by atoms with Crippen molar-refractivity contribution in [3.8, 4) is 0 Å². The molecule has 0 radical (unpaired) electrons. The molecular formula is C20H30N2O6. The molecule has 0 heterocycles. The van der Waals surface area contributed by atoms with Crippen LogP contribution in [0.1, 0.15) is 40.2 Å². The third kappa shape index (κ3) is 8.85. The van der Waals surface area contributed by atoms with E-state index >= 15 is 0 Å². The number of alkyl carbamates (subject to hydrolysis) is 1. The largest absolute Gasteiger partial charge is 0.461 e. The van der Waals surface area contributed by atoms with Gasteiger partial charge in [-0.15, -0.1) is 0 Å². The predicted molar refractivity (Wildman–Crippen MR) is 104 cm³/mol. The van der Waals surface area contributed by atoms with Crippen molar-refractivity contribution in [1.82, 2.24) is 10.6 Å². The molecule has 1 rings (SSSR count). The Hall–Kier alpha value is -2.61. The number of rotatable bonds is 8. The molecule has 1 unspecified atom stereocenters. The summed E-state index contributed by atoms with van der Waals surface area (Å²) in [5, 5.41) is 14.4. The molecule has 0 saturated carbocycles. The van der Waals surface area contributed by atoms with Crippen molar-refractivity contribution < 1.29 is 29.0 Å². The average molecular weight is 394 g/mol. The van der Waals surface area contributed by atoms with Gasteiger partial charge in [-0.2, -0.15) is 0 Å². The van der Waals surface area contributed by atoms with E-state index in [-0.39, 0.29) is 6.42 Å². The molecular weight excluding hydrogens is 364 g/mol. The van der Waals surface area contributed by atoms with E-state index < -0.39 is 48.4 Å². The van der Waals surface area contributed by atoms with E-state index in [1.807, 2.05) is 30.3 Å². The minimum Gasteiger partial charge on any atom is -0.461 e. The van der Waals surface area contributed by atoms with Crippen molar-refractivity contribution in [2.75, 3.05) is 6.61 Å². The van der Waals surface area contributed by atoms with Crippen LogP contribution in [0, 0.1) is 0 Å². The first-order chi connectivity index (χ1) is 13.0. The van der Waals surface area contributed by atoms with Crippen molar-refractivity contribution in [2.45, 2.75) is 64.8 Å². The number of ether oxygens (including phenoxy) is 2. The van der Waals surface area contributed by atoms with Crippen molar-refractivity contribution in [3.63, 3.8) is 0 Å². The number of hydrogen-bond donors (Lipinski definition) is 3. The highest BCUT2D eigenvalue weighted by atomic mass is 16.6. The van der Waals surface area contributed by atoms with Gasteiger partial charge in [-0.05, 0) is 40.2 Å². The highest BCUT2D eigenvalue weighted by Crippen LogP contribution is 2.09. The molecule has 0 aliphatic rings. The minimum absolute atomic E-state index is 0.184. The lowest BCUT2D eigenvalue weighted by Crippen LogP contribution is -2.54. The standard InChI is InChI=1S/C20H30N2O6/c1-13(2)27-18(25)16(12-23)21-17(24)15(11-14-9-7-6-8-10-14)22-19(26)28-20(3,4)5/h6-10,13,15-16,23H,11-12H2,1-5H3,(H,21,24)(H,22,26)/t15-,16?/m1/s1. The van der Waals surface area contributed by atoms with Crippen LogP contribution in [-0.2, 0) is 25.5 Å². The van der Waals surface area contributed by atoms with Crippen LogP contribution in [0.4, 0.5) is 4.79 Å². The van der Waals surface area contributed by atoms with Crippen LogP contribution in [0.25, 0.3) is 0 Å². The Labute approximate surface area is 165 Å². The summed E-state index contributed by atoms with van der Waals surface area (Å²) in [5.41, 5.74) is 0.0797. The molecule has 8 nitrogen and oxygen atoms in total. The zero-order chi connectivity index (χ0) is 21.3. The quantitative estimate of drug-likeness (QED) is 0.577. The van der Waals surface area contributed by atoms with Gasteiger partial charge in [0, 0.05) is 6.42 Å². The number of aliphatic hydroxyl groups is 1. The lowest BCUT2D eigenvalue weighted by Gasteiger charge is -2.25. The van der Waals surface area contributed by atoms with E-state index in [0.717, 1.165) is 5.56 Å². The fourth-order valence-corrected chi connectivity index (χ4v) is 2.27. The Morgan fingerprint density at radius 1 is 1.04 bits per heavy atom. The topological polar surface area (TPSA) is 114 Å². The van der Waals surface area contributed by atoms with E-state index in [9.17, 15) is 19.5 Å². The van der Waals surface area contributed by atoms with E-state index in [2.05, 4.69) is 10.6 Å². The van der Waals surface area contributed by atoms with Gasteiger partial charge in [-0.1, -0.05) is 30.3 Å². The van der Waals surface area contributed by atoms with Gasteiger partial charge in [0.15, 0.2) is 6.04 Å². The SMILES string of the molecule is CC(C)OC(=O)C(CO)NC(=O)[C@@H](Cc1ccccc1)NC(=O)OC(C)(C)C. The van der Waals surface area contributed by atoms with E-state index in [4.69, 9.17) is 9.47 Å². The van der Waals surface area contributed by atoms with Gasteiger partial charge >= 0.3 is 12.1 Å². The molecule has 0 aliphatic carbocycles. The van der Waals surface area contributed by atoms with Crippen molar-refractivity contribution in [2.24, 2.45) is 0 Å². The summed E-state index contributed by atoms with van der Waals surface area (Å²) < 4.78 is 10.2. The van der Waals surface area contributed by atoms with Crippen molar-refractivity contribution >= 4 is 18.0 Å². The van der Waals surface area contributed by atoms with Crippen molar-refractivity contribution in [1.29, 1.82) is 0 Å². The van der Waals surface area contributed by atoms with Crippen LogP contribution in [0.3, 0.4) is 0 Å². The number of amides is 2. The van der Waals surface area contributed by atoms with Gasteiger partial charge in [0.05, 0.1) is 12.7 Å². The third-order valence-electron chi connectivity index (χ3n) is 3.43. The highest BCUT2D eigenvalue weighted by molar-refractivity contribution is 5.90. The molecule has 28 heavy (non-hydrogen) atoms. The molecule has 0 fully saturated rings. The lowest BCUT2D eigenvalue weighted by molar-refractivity contribution is -0.152. The van der Waals surface area contributed by atoms with Gasteiger partial charge in [0.2, 0.25) is 5.91 Å². The second kappa shape index (κ2) is 10.7. The average Bonchev–Trinajstić information content (AvgIpc) is 2.57. The summed E-state index contributed by atoms with van der Waals surface area (Å²) in [5.74, 6) is -1.38. The zero-order valence-corrected chi connectivity index (χ0v) is 17.0. The fraction of sp³-hybridized carbons (Fsp3) is 0.550. The van der Waals surface area contributed by atoms with Gasteiger partial charge in [0.1, 0.15) is 11.6 Å². The molecule has 0 bridgehead atoms. The molecule has 0 spiro atoms. The van der Waals surface area contributed by atoms with Crippen LogP contribution < -0.4 is 10.6 Å². The van der Waals surface area contributed by atoms with E-state index in [1.54, 1.807) is 34.6 Å². The Morgan fingerprint density at radius 2 is 1.64 bits per heavy atom. The maximum absolute atomic E-state index is 12.7. The summed E-state index contributed by atoms with van der Waals surface area (Å²) in [4.78, 5) is 36.9. The number of benzene rings is 1. The highest BCUT2D eigenvalue weighted by Gasteiger charge is 2.29. The molecule has 2 amide bonds. The normalized spacial score (nSPS) is 13.4. The molecule has 0 saturated heterocycles. The minimum atomic E-state index is -1.23. The Balaban J connectivity index is 2.90. The molecule has 8 heteroatoms. The predicted octanol–water partition coefficient (Wildman–Crippen LogP) is 1.55. The number of aliphatic hydroxyl groups excluding tert-OH is 1.